The monoisotopic (exact) mass is 265 g/mol. The Morgan fingerprint density at radius 3 is 1.68 bits per heavy atom. The van der Waals surface area contributed by atoms with E-state index in [0.29, 0.717) is 0 Å². The van der Waals surface area contributed by atoms with E-state index < -0.39 is 5.95 Å². The van der Waals surface area contributed by atoms with Gasteiger partial charge in [-0.3, -0.25) is 0 Å². The first kappa shape index (κ1) is 19.5. The highest BCUT2D eigenvalue weighted by Crippen LogP contribution is 1.95. The normalized spacial score (nSPS) is 7.74. The third kappa shape index (κ3) is 12.4. The zero-order chi connectivity index (χ0) is 15.1. The molecule has 0 saturated carbocycles. The molecular weight excluding hydrogens is 241 g/mol. The lowest BCUT2D eigenvalue weighted by Gasteiger charge is -1.86. The molecule has 0 aliphatic rings. The molecule has 0 aliphatic carbocycles. The molecule has 2 aromatic rings. The van der Waals surface area contributed by atoms with Crippen molar-refractivity contribution < 1.29 is 4.39 Å². The molecular formula is C15H24FN3. The van der Waals surface area contributed by atoms with Gasteiger partial charge in [0, 0.05) is 12.4 Å². The standard InChI is InChI=1S/C6H6FN.C5H6N2.2C2H6/c1-5-2-3-8-6(7)4-5;1-5-2-3-6-7-4-5;2*1-2/h2-4H,1H3;2-4H,1H3;2*1-2H3. The van der Waals surface area contributed by atoms with Gasteiger partial charge in [-0.2, -0.15) is 14.6 Å². The van der Waals surface area contributed by atoms with E-state index in [0.717, 1.165) is 11.1 Å². The SMILES string of the molecule is CC.CC.Cc1ccnc(F)c1.Cc1ccnnc1. The first-order valence-corrected chi connectivity index (χ1v) is 6.50. The van der Waals surface area contributed by atoms with Gasteiger partial charge in [-0.25, -0.2) is 4.98 Å². The lowest BCUT2D eigenvalue weighted by atomic mass is 10.3. The molecule has 2 rings (SSSR count). The molecule has 0 radical (unpaired) electrons. The molecule has 0 amide bonds. The second-order valence-corrected chi connectivity index (χ2v) is 3.08. The lowest BCUT2D eigenvalue weighted by Crippen LogP contribution is -1.79. The summed E-state index contributed by atoms with van der Waals surface area (Å²) in [7, 11) is 0. The number of aromatic nitrogens is 3. The van der Waals surface area contributed by atoms with Crippen LogP contribution in [0.3, 0.4) is 0 Å². The summed E-state index contributed by atoms with van der Waals surface area (Å²) in [5.74, 6) is -0.412. The van der Waals surface area contributed by atoms with E-state index in [1.165, 1.54) is 12.3 Å². The van der Waals surface area contributed by atoms with Gasteiger partial charge in [0.2, 0.25) is 5.95 Å². The van der Waals surface area contributed by atoms with E-state index in [2.05, 4.69) is 15.2 Å². The molecule has 3 nitrogen and oxygen atoms in total. The summed E-state index contributed by atoms with van der Waals surface area (Å²) in [4.78, 5) is 3.37. The van der Waals surface area contributed by atoms with Gasteiger partial charge in [0.25, 0.3) is 0 Å². The molecule has 2 heterocycles. The maximum atomic E-state index is 12.1. The van der Waals surface area contributed by atoms with Crippen molar-refractivity contribution >= 4 is 0 Å². The second kappa shape index (κ2) is 14.2. The van der Waals surface area contributed by atoms with Gasteiger partial charge in [0.1, 0.15) is 0 Å². The van der Waals surface area contributed by atoms with E-state index in [1.807, 2.05) is 47.6 Å². The maximum Gasteiger partial charge on any atom is 0.213 e. The molecule has 0 bridgehead atoms. The first-order chi connectivity index (χ1) is 9.18. The summed E-state index contributed by atoms with van der Waals surface area (Å²) >= 11 is 0. The summed E-state index contributed by atoms with van der Waals surface area (Å²) < 4.78 is 12.1. The quantitative estimate of drug-likeness (QED) is 0.664. The van der Waals surface area contributed by atoms with Crippen LogP contribution in [-0.2, 0) is 0 Å². The van der Waals surface area contributed by atoms with E-state index in [-0.39, 0.29) is 0 Å². The summed E-state index contributed by atoms with van der Waals surface area (Å²) in [5, 5.41) is 7.23. The van der Waals surface area contributed by atoms with E-state index in [9.17, 15) is 4.39 Å². The molecule has 0 aliphatic heterocycles. The van der Waals surface area contributed by atoms with Crippen LogP contribution in [0.25, 0.3) is 0 Å². The van der Waals surface area contributed by atoms with Crippen LogP contribution in [0.5, 0.6) is 0 Å². The Balaban J connectivity index is 0. The minimum absolute atomic E-state index is 0.412. The molecule has 0 spiro atoms. The molecule has 0 N–H and O–H groups in total. The fourth-order valence-corrected chi connectivity index (χ4v) is 0.856. The zero-order valence-corrected chi connectivity index (χ0v) is 12.7. The molecule has 0 aromatic carbocycles. The van der Waals surface area contributed by atoms with Gasteiger partial charge in [-0.15, -0.1) is 0 Å². The van der Waals surface area contributed by atoms with Gasteiger partial charge < -0.3 is 0 Å². The van der Waals surface area contributed by atoms with Crippen LogP contribution in [0.1, 0.15) is 38.8 Å². The number of aryl methyl sites for hydroxylation is 2. The third-order valence-electron chi connectivity index (χ3n) is 1.61. The van der Waals surface area contributed by atoms with Gasteiger partial charge >= 0.3 is 0 Å². The largest absolute Gasteiger partial charge is 0.228 e. The fourth-order valence-electron chi connectivity index (χ4n) is 0.856. The third-order valence-corrected chi connectivity index (χ3v) is 1.61. The highest BCUT2D eigenvalue weighted by atomic mass is 19.1. The highest BCUT2D eigenvalue weighted by molar-refractivity contribution is 5.07. The Kier molecular flexibility index (Phi) is 14.6. The molecule has 106 valence electrons. The van der Waals surface area contributed by atoms with Crippen molar-refractivity contribution in [3.8, 4) is 0 Å². The van der Waals surface area contributed by atoms with Crippen molar-refractivity contribution in [2.24, 2.45) is 0 Å². The van der Waals surface area contributed by atoms with E-state index in [1.54, 1.807) is 18.5 Å². The van der Waals surface area contributed by atoms with E-state index >= 15 is 0 Å². The predicted octanol–water partition coefficient (Wildman–Crippen LogP) is 4.37. The van der Waals surface area contributed by atoms with Crippen LogP contribution in [0.4, 0.5) is 4.39 Å². The zero-order valence-electron chi connectivity index (χ0n) is 12.7. The first-order valence-electron chi connectivity index (χ1n) is 6.50. The van der Waals surface area contributed by atoms with Crippen LogP contribution >= 0.6 is 0 Å². The Morgan fingerprint density at radius 2 is 1.42 bits per heavy atom. The summed E-state index contributed by atoms with van der Waals surface area (Å²) in [6, 6.07) is 5.05. The van der Waals surface area contributed by atoms with Crippen molar-refractivity contribution in [1.29, 1.82) is 0 Å². The lowest BCUT2D eigenvalue weighted by molar-refractivity contribution is 0.582. The molecule has 4 heteroatoms. The van der Waals surface area contributed by atoms with Crippen LogP contribution in [0.2, 0.25) is 0 Å². The second-order valence-electron chi connectivity index (χ2n) is 3.08. The van der Waals surface area contributed by atoms with Crippen LogP contribution < -0.4 is 0 Å². The van der Waals surface area contributed by atoms with Crippen molar-refractivity contribution in [3.63, 3.8) is 0 Å². The average Bonchev–Trinajstić information content (AvgIpc) is 2.44. The van der Waals surface area contributed by atoms with Crippen LogP contribution in [0, 0.1) is 19.8 Å². The van der Waals surface area contributed by atoms with Crippen LogP contribution in [0.15, 0.2) is 36.8 Å². The number of hydrogen-bond acceptors (Lipinski definition) is 3. The molecule has 0 saturated heterocycles. The Morgan fingerprint density at radius 1 is 0.842 bits per heavy atom. The maximum absolute atomic E-state index is 12.1. The number of halogens is 1. The number of nitrogens with zero attached hydrogens (tertiary/aromatic N) is 3. The molecule has 2 aromatic heterocycles. The van der Waals surface area contributed by atoms with Crippen molar-refractivity contribution in [1.82, 2.24) is 15.2 Å². The Hall–Kier alpha value is -1.84. The molecule has 0 fully saturated rings. The summed E-state index contributed by atoms with van der Waals surface area (Å²) in [5.41, 5.74) is 2.05. The smallest absolute Gasteiger partial charge is 0.213 e. The topological polar surface area (TPSA) is 38.7 Å². The average molecular weight is 265 g/mol. The Labute approximate surface area is 115 Å². The number of pyridine rings is 1. The number of hydrogen-bond donors (Lipinski definition) is 0. The highest BCUT2D eigenvalue weighted by Gasteiger charge is 1.86. The molecule has 0 atom stereocenters. The van der Waals surface area contributed by atoms with Gasteiger partial charge in [0.15, 0.2) is 0 Å². The summed E-state index contributed by atoms with van der Waals surface area (Å²) in [6.45, 7) is 11.8. The van der Waals surface area contributed by atoms with E-state index in [4.69, 9.17) is 0 Å². The van der Waals surface area contributed by atoms with Crippen LogP contribution in [-0.4, -0.2) is 15.2 Å². The van der Waals surface area contributed by atoms with Gasteiger partial charge in [-0.05, 0) is 43.2 Å². The Bertz CT molecular complexity index is 388. The molecule has 19 heavy (non-hydrogen) atoms. The summed E-state index contributed by atoms with van der Waals surface area (Å²) in [6.07, 6.45) is 4.85. The molecule has 0 unspecified atom stereocenters. The van der Waals surface area contributed by atoms with Crippen molar-refractivity contribution in [2.75, 3.05) is 0 Å². The van der Waals surface area contributed by atoms with Crippen molar-refractivity contribution in [3.05, 3.63) is 53.9 Å². The minimum atomic E-state index is -0.412. The minimum Gasteiger partial charge on any atom is -0.228 e. The fraction of sp³-hybridized carbons (Fsp3) is 0.400. The number of rotatable bonds is 0. The van der Waals surface area contributed by atoms with Gasteiger partial charge in [-0.1, -0.05) is 27.7 Å². The predicted molar refractivity (Wildman–Crippen MR) is 78.4 cm³/mol. The van der Waals surface area contributed by atoms with Gasteiger partial charge in [0.05, 0.1) is 6.20 Å². The van der Waals surface area contributed by atoms with Crippen molar-refractivity contribution in [2.45, 2.75) is 41.5 Å².